The molecule has 0 saturated heterocycles. The highest BCUT2D eigenvalue weighted by Crippen LogP contribution is 2.08. The minimum atomic E-state index is -0.0231. The lowest BCUT2D eigenvalue weighted by atomic mass is 10.1. The summed E-state index contributed by atoms with van der Waals surface area (Å²) in [5.41, 5.74) is 1.76. The maximum atomic E-state index is 12.1. The number of H-pyrrole nitrogens is 1. The van der Waals surface area contributed by atoms with E-state index in [1.54, 1.807) is 11.9 Å². The lowest BCUT2D eigenvalue weighted by Gasteiger charge is -2.15. The number of benzene rings is 1. The lowest BCUT2D eigenvalue weighted by Crippen LogP contribution is -2.26. The number of aryl methyl sites for hydroxylation is 1. The van der Waals surface area contributed by atoms with Crippen LogP contribution in [0.15, 0.2) is 30.6 Å². The molecule has 1 aromatic heterocycles. The molecule has 0 aliphatic carbocycles. The summed E-state index contributed by atoms with van der Waals surface area (Å²) in [5.74, 6) is 0.651. The van der Waals surface area contributed by atoms with Crippen molar-refractivity contribution in [1.82, 2.24) is 20.1 Å². The molecule has 5 nitrogen and oxygen atoms in total. The van der Waals surface area contributed by atoms with E-state index in [2.05, 4.69) is 15.2 Å². The second-order valence-electron chi connectivity index (χ2n) is 3.96. The Morgan fingerprint density at radius 2 is 2.29 bits per heavy atom. The van der Waals surface area contributed by atoms with Gasteiger partial charge in [-0.1, -0.05) is 17.7 Å². The topological polar surface area (TPSA) is 61.9 Å². The van der Waals surface area contributed by atoms with Crippen LogP contribution in [0.25, 0.3) is 0 Å². The number of aromatic amines is 1. The molecule has 17 heavy (non-hydrogen) atoms. The number of nitrogens with one attached hydrogen (secondary N) is 1. The standard InChI is InChI=1S/C12H14N4O/c1-9-4-3-5-10(6-9)12(17)16(2)7-11-13-8-14-15-11/h3-6,8H,7H2,1-2H3,(H,13,14,15). The van der Waals surface area contributed by atoms with E-state index in [1.807, 2.05) is 31.2 Å². The van der Waals surface area contributed by atoms with E-state index < -0.39 is 0 Å². The van der Waals surface area contributed by atoms with Gasteiger partial charge in [-0.3, -0.25) is 9.89 Å². The summed E-state index contributed by atoms with van der Waals surface area (Å²) in [5, 5.41) is 6.48. The summed E-state index contributed by atoms with van der Waals surface area (Å²) in [6, 6.07) is 7.53. The molecule has 1 aromatic carbocycles. The van der Waals surface area contributed by atoms with Gasteiger partial charge in [0.25, 0.3) is 5.91 Å². The number of aromatic nitrogens is 3. The van der Waals surface area contributed by atoms with Crippen molar-refractivity contribution in [3.05, 3.63) is 47.5 Å². The first kappa shape index (κ1) is 11.3. The van der Waals surface area contributed by atoms with Crippen LogP contribution in [0.3, 0.4) is 0 Å². The van der Waals surface area contributed by atoms with Crippen LogP contribution < -0.4 is 0 Å². The zero-order chi connectivity index (χ0) is 12.3. The van der Waals surface area contributed by atoms with Gasteiger partial charge >= 0.3 is 0 Å². The number of carbonyl (C=O) groups is 1. The van der Waals surface area contributed by atoms with E-state index in [0.717, 1.165) is 5.56 Å². The predicted molar refractivity (Wildman–Crippen MR) is 63.4 cm³/mol. The summed E-state index contributed by atoms with van der Waals surface area (Å²) in [6.45, 7) is 2.39. The van der Waals surface area contributed by atoms with Crippen molar-refractivity contribution in [2.24, 2.45) is 0 Å². The van der Waals surface area contributed by atoms with E-state index in [4.69, 9.17) is 0 Å². The Bertz CT molecular complexity index is 507. The fourth-order valence-electron chi connectivity index (χ4n) is 1.60. The third-order valence-corrected chi connectivity index (χ3v) is 2.46. The average Bonchev–Trinajstić information content (AvgIpc) is 2.80. The highest BCUT2D eigenvalue weighted by molar-refractivity contribution is 5.94. The molecule has 0 radical (unpaired) electrons. The second kappa shape index (κ2) is 4.78. The number of amides is 1. The van der Waals surface area contributed by atoms with Crippen molar-refractivity contribution in [2.75, 3.05) is 7.05 Å². The van der Waals surface area contributed by atoms with E-state index in [1.165, 1.54) is 6.33 Å². The molecule has 88 valence electrons. The van der Waals surface area contributed by atoms with Gasteiger partial charge in [0.1, 0.15) is 12.2 Å². The van der Waals surface area contributed by atoms with E-state index in [-0.39, 0.29) is 5.91 Å². The molecule has 0 bridgehead atoms. The first-order chi connectivity index (χ1) is 8.16. The molecule has 0 atom stereocenters. The van der Waals surface area contributed by atoms with Gasteiger partial charge in [-0.05, 0) is 19.1 Å². The Labute approximate surface area is 99.5 Å². The number of nitrogens with zero attached hydrogens (tertiary/aromatic N) is 3. The van der Waals surface area contributed by atoms with Gasteiger partial charge in [-0.2, -0.15) is 5.10 Å². The van der Waals surface area contributed by atoms with Crippen LogP contribution in [0.1, 0.15) is 21.7 Å². The van der Waals surface area contributed by atoms with Gasteiger partial charge < -0.3 is 4.90 Å². The monoisotopic (exact) mass is 230 g/mol. The lowest BCUT2D eigenvalue weighted by molar-refractivity contribution is 0.0781. The summed E-state index contributed by atoms with van der Waals surface area (Å²) < 4.78 is 0. The Balaban J connectivity index is 2.09. The van der Waals surface area contributed by atoms with Crippen LogP contribution in [0.5, 0.6) is 0 Å². The maximum Gasteiger partial charge on any atom is 0.254 e. The molecule has 0 aliphatic rings. The molecule has 0 saturated carbocycles. The number of hydrogen-bond donors (Lipinski definition) is 1. The first-order valence-electron chi connectivity index (χ1n) is 5.33. The summed E-state index contributed by atoms with van der Waals surface area (Å²) >= 11 is 0. The van der Waals surface area contributed by atoms with Crippen LogP contribution >= 0.6 is 0 Å². The molecule has 1 heterocycles. The van der Waals surface area contributed by atoms with Gasteiger partial charge in [0.15, 0.2) is 0 Å². The largest absolute Gasteiger partial charge is 0.334 e. The normalized spacial score (nSPS) is 10.2. The van der Waals surface area contributed by atoms with Crippen molar-refractivity contribution in [3.63, 3.8) is 0 Å². The van der Waals surface area contributed by atoms with Gasteiger partial charge in [0, 0.05) is 12.6 Å². The van der Waals surface area contributed by atoms with Crippen LogP contribution in [0.2, 0.25) is 0 Å². The highest BCUT2D eigenvalue weighted by atomic mass is 16.2. The Hall–Kier alpha value is -2.17. The molecule has 2 rings (SSSR count). The van der Waals surface area contributed by atoms with Crippen molar-refractivity contribution >= 4 is 5.91 Å². The van der Waals surface area contributed by atoms with E-state index in [0.29, 0.717) is 17.9 Å². The van der Waals surface area contributed by atoms with E-state index >= 15 is 0 Å². The summed E-state index contributed by atoms with van der Waals surface area (Å²) in [7, 11) is 1.74. The summed E-state index contributed by atoms with van der Waals surface area (Å²) in [6.07, 6.45) is 1.43. The minimum Gasteiger partial charge on any atom is -0.334 e. The highest BCUT2D eigenvalue weighted by Gasteiger charge is 2.12. The number of hydrogen-bond acceptors (Lipinski definition) is 3. The Morgan fingerprint density at radius 1 is 1.47 bits per heavy atom. The van der Waals surface area contributed by atoms with Crippen LogP contribution in [-0.2, 0) is 6.54 Å². The third-order valence-electron chi connectivity index (χ3n) is 2.46. The van der Waals surface area contributed by atoms with Gasteiger partial charge in [0.05, 0.1) is 6.54 Å². The Morgan fingerprint density at radius 3 is 2.94 bits per heavy atom. The zero-order valence-corrected chi connectivity index (χ0v) is 9.84. The van der Waals surface area contributed by atoms with Crippen molar-refractivity contribution in [3.8, 4) is 0 Å². The van der Waals surface area contributed by atoms with Crippen molar-refractivity contribution in [2.45, 2.75) is 13.5 Å². The molecule has 5 heteroatoms. The molecule has 1 N–H and O–H groups in total. The van der Waals surface area contributed by atoms with Gasteiger partial charge in [0.2, 0.25) is 0 Å². The van der Waals surface area contributed by atoms with E-state index in [9.17, 15) is 4.79 Å². The smallest absolute Gasteiger partial charge is 0.254 e. The van der Waals surface area contributed by atoms with Crippen LogP contribution in [-0.4, -0.2) is 33.0 Å². The molecule has 0 unspecified atom stereocenters. The molecule has 0 spiro atoms. The predicted octanol–water partition coefficient (Wildman–Crippen LogP) is 1.39. The SMILES string of the molecule is Cc1cccc(C(=O)N(C)Cc2ncn[nH]2)c1. The van der Waals surface area contributed by atoms with Crippen molar-refractivity contribution in [1.29, 1.82) is 0 Å². The molecule has 0 fully saturated rings. The fraction of sp³-hybridized carbons (Fsp3) is 0.250. The van der Waals surface area contributed by atoms with Crippen LogP contribution in [0.4, 0.5) is 0 Å². The Kier molecular flexibility index (Phi) is 3.18. The molecule has 1 amide bonds. The number of rotatable bonds is 3. The molecule has 2 aromatic rings. The molecule has 0 aliphatic heterocycles. The number of carbonyl (C=O) groups excluding carboxylic acids is 1. The first-order valence-corrected chi connectivity index (χ1v) is 5.33. The molecular weight excluding hydrogens is 216 g/mol. The quantitative estimate of drug-likeness (QED) is 0.866. The second-order valence-corrected chi connectivity index (χ2v) is 3.96. The van der Waals surface area contributed by atoms with Gasteiger partial charge in [-0.25, -0.2) is 4.98 Å². The van der Waals surface area contributed by atoms with Gasteiger partial charge in [-0.15, -0.1) is 0 Å². The average molecular weight is 230 g/mol. The third kappa shape index (κ3) is 2.69. The fourth-order valence-corrected chi connectivity index (χ4v) is 1.60. The zero-order valence-electron chi connectivity index (χ0n) is 9.84. The van der Waals surface area contributed by atoms with Crippen LogP contribution in [0, 0.1) is 6.92 Å². The van der Waals surface area contributed by atoms with Crippen molar-refractivity contribution < 1.29 is 4.79 Å². The maximum absolute atomic E-state index is 12.1. The summed E-state index contributed by atoms with van der Waals surface area (Å²) in [4.78, 5) is 17.7. The minimum absolute atomic E-state index is 0.0231. The molecular formula is C12H14N4O.